The van der Waals surface area contributed by atoms with Crippen molar-refractivity contribution in [2.24, 2.45) is 16.7 Å². The van der Waals surface area contributed by atoms with Gasteiger partial charge in [0.2, 0.25) is 21.8 Å². The van der Waals surface area contributed by atoms with Crippen LogP contribution in [0.25, 0.3) is 22.2 Å². The Hall–Kier alpha value is -5.96. The Morgan fingerprint density at radius 2 is 1.62 bits per heavy atom. The summed E-state index contributed by atoms with van der Waals surface area (Å²) in [7, 11) is -2.61. The van der Waals surface area contributed by atoms with Gasteiger partial charge in [0, 0.05) is 35.4 Å². The molecule has 7 rings (SSSR count). The molecular weight excluding hydrogens is 835 g/mol. The fraction of sp³-hybridized carbons (Fsp3) is 0.449. The molecule has 3 N–H and O–H groups in total. The molecule has 2 aliphatic carbocycles. The van der Waals surface area contributed by atoms with E-state index >= 15 is 0 Å². The van der Waals surface area contributed by atoms with Gasteiger partial charge in [-0.3, -0.25) is 19.1 Å². The normalized spacial score (nSPS) is 21.9. The van der Waals surface area contributed by atoms with Crippen LogP contribution in [0.2, 0.25) is 0 Å². The summed E-state index contributed by atoms with van der Waals surface area (Å²) in [6.45, 7) is 15.0. The molecule has 64 heavy (non-hydrogen) atoms. The third-order valence-electron chi connectivity index (χ3n) is 12.2. The number of aromatic nitrogens is 1. The van der Waals surface area contributed by atoms with Gasteiger partial charge in [-0.1, -0.05) is 108 Å². The van der Waals surface area contributed by atoms with Crippen LogP contribution in [0.5, 0.6) is 11.5 Å². The predicted molar refractivity (Wildman–Crippen MR) is 244 cm³/mol. The molecule has 0 spiro atoms. The van der Waals surface area contributed by atoms with Crippen molar-refractivity contribution in [2.75, 3.05) is 20.3 Å². The highest BCUT2D eigenvalue weighted by atomic mass is 32.2. The number of rotatable bonds is 15. The second kappa shape index (κ2) is 17.5. The minimum atomic E-state index is -4.18. The van der Waals surface area contributed by atoms with E-state index in [1.165, 1.54) is 11.0 Å². The number of nitrogens with zero attached hydrogens (tertiary/aromatic N) is 2. The molecule has 3 aromatic carbocycles. The zero-order valence-corrected chi connectivity index (χ0v) is 38.4. The van der Waals surface area contributed by atoms with Crippen molar-refractivity contribution in [3.63, 3.8) is 0 Å². The van der Waals surface area contributed by atoms with E-state index in [-0.39, 0.29) is 37.8 Å². The molecule has 1 aliphatic heterocycles. The molecular formula is C49H59N5O9S. The molecule has 0 bridgehead atoms. The van der Waals surface area contributed by atoms with Gasteiger partial charge in [-0.25, -0.2) is 18.2 Å². The number of sulfonamides is 1. The average molecular weight is 894 g/mol. The highest BCUT2D eigenvalue weighted by Gasteiger charge is 2.63. The number of likely N-dealkylation sites (tertiary alicyclic amines) is 1. The summed E-state index contributed by atoms with van der Waals surface area (Å²) in [6.07, 6.45) is 1.09. The third kappa shape index (κ3) is 9.89. The largest absolute Gasteiger partial charge is 0.497 e. The number of nitrogens with one attached hydrogen (secondary N) is 3. The van der Waals surface area contributed by atoms with E-state index in [1.54, 1.807) is 40.0 Å². The van der Waals surface area contributed by atoms with Gasteiger partial charge in [-0.2, -0.15) is 0 Å². The number of alkyl carbamates (subject to hydrolysis) is 1. The van der Waals surface area contributed by atoms with Crippen LogP contribution in [0.15, 0.2) is 97.6 Å². The smallest absolute Gasteiger partial charge is 0.407 e. The van der Waals surface area contributed by atoms with E-state index in [0.29, 0.717) is 40.9 Å². The number of ether oxygens (including phenoxy) is 3. The van der Waals surface area contributed by atoms with Crippen LogP contribution in [0.4, 0.5) is 4.79 Å². The van der Waals surface area contributed by atoms with Crippen LogP contribution in [-0.4, -0.2) is 90.9 Å². The van der Waals surface area contributed by atoms with Gasteiger partial charge >= 0.3 is 6.09 Å². The Morgan fingerprint density at radius 1 is 0.953 bits per heavy atom. The number of hydrogen-bond acceptors (Lipinski definition) is 10. The summed E-state index contributed by atoms with van der Waals surface area (Å²) in [4.78, 5) is 63.3. The number of pyridine rings is 1. The maximum Gasteiger partial charge on any atom is 0.407 e. The molecule has 340 valence electrons. The lowest BCUT2D eigenvalue weighted by Crippen LogP contribution is -2.60. The molecule has 3 fully saturated rings. The summed E-state index contributed by atoms with van der Waals surface area (Å²) < 4.78 is 46.8. The highest BCUT2D eigenvalue weighted by molar-refractivity contribution is 7.91. The van der Waals surface area contributed by atoms with Crippen LogP contribution in [0.3, 0.4) is 0 Å². The third-order valence-corrected chi connectivity index (χ3v) is 14.4. The maximum atomic E-state index is 14.9. The van der Waals surface area contributed by atoms with Crippen molar-refractivity contribution in [3.05, 3.63) is 103 Å². The van der Waals surface area contributed by atoms with Gasteiger partial charge in [0.1, 0.15) is 35.2 Å². The minimum Gasteiger partial charge on any atom is -0.497 e. The molecule has 5 atom stereocenters. The molecule has 14 nitrogen and oxygen atoms in total. The molecule has 2 saturated carbocycles. The van der Waals surface area contributed by atoms with Crippen LogP contribution in [0, 0.1) is 16.7 Å². The number of methoxy groups -OCH3 is 1. The van der Waals surface area contributed by atoms with Crippen LogP contribution < -0.4 is 24.8 Å². The molecule has 1 aromatic heterocycles. The number of carbonyl (C=O) groups is 4. The monoisotopic (exact) mass is 893 g/mol. The fourth-order valence-electron chi connectivity index (χ4n) is 8.27. The molecule has 15 heteroatoms. The lowest BCUT2D eigenvalue weighted by atomic mass is 9.85. The standard InChI is InChI=1S/C49H59N5O9S/c1-9-33-28-49(33,44(57)53-64(59,60)48(22-23-48)27-31-16-12-10-13-17-31)52-42(55)39-25-35(29-54(39)43(56)41(47(5,6)7)51-45(58)62-30-46(2,3)4)63-40-26-37(32-18-14-11-15-19-32)50-38-24-34(61-8)20-21-36(38)40/h9-21,24,26,33,35,39,41H,1,22-23,25,27-30H2,2-8H3,(H,51,58)(H,52,55)(H,53,57)/t33?,35-,39+,41-,49+/m1/s1. The number of benzene rings is 3. The van der Waals surface area contributed by atoms with Gasteiger partial charge in [0.25, 0.3) is 5.91 Å². The first-order valence-electron chi connectivity index (χ1n) is 21.7. The van der Waals surface area contributed by atoms with Crippen molar-refractivity contribution >= 4 is 44.7 Å². The van der Waals surface area contributed by atoms with Crippen molar-refractivity contribution in [1.82, 2.24) is 25.2 Å². The van der Waals surface area contributed by atoms with Crippen molar-refractivity contribution in [1.29, 1.82) is 0 Å². The van der Waals surface area contributed by atoms with E-state index in [1.807, 2.05) is 93.6 Å². The van der Waals surface area contributed by atoms with Gasteiger partial charge in [-0.15, -0.1) is 6.58 Å². The zero-order chi connectivity index (χ0) is 46.2. The molecule has 1 saturated heterocycles. The molecule has 0 radical (unpaired) electrons. The fourth-order valence-corrected chi connectivity index (χ4v) is 9.91. The van der Waals surface area contributed by atoms with E-state index in [0.717, 1.165) is 11.1 Å². The van der Waals surface area contributed by atoms with Gasteiger partial charge in [0.05, 0.1) is 36.2 Å². The topological polar surface area (TPSA) is 182 Å². The van der Waals surface area contributed by atoms with E-state index < -0.39 is 73.6 Å². The molecule has 1 unspecified atom stereocenters. The summed E-state index contributed by atoms with van der Waals surface area (Å²) >= 11 is 0. The molecule has 3 aliphatic rings. The van der Waals surface area contributed by atoms with E-state index in [4.69, 9.17) is 19.2 Å². The Kier molecular flexibility index (Phi) is 12.6. The maximum absolute atomic E-state index is 14.9. The summed E-state index contributed by atoms with van der Waals surface area (Å²) in [5.74, 6) is -1.63. The Balaban J connectivity index is 1.19. The predicted octanol–water partition coefficient (Wildman–Crippen LogP) is 6.73. The first-order chi connectivity index (χ1) is 30.2. The quantitative estimate of drug-likeness (QED) is 0.108. The number of amides is 4. The second-order valence-corrected chi connectivity index (χ2v) is 21.7. The van der Waals surface area contributed by atoms with Gasteiger partial charge in [-0.05, 0) is 54.2 Å². The summed E-state index contributed by atoms with van der Waals surface area (Å²) in [5.41, 5.74) is 0.0950. The number of hydrogen-bond donors (Lipinski definition) is 3. The summed E-state index contributed by atoms with van der Waals surface area (Å²) in [5, 5.41) is 6.31. The zero-order valence-electron chi connectivity index (χ0n) is 37.6. The van der Waals surface area contributed by atoms with Gasteiger partial charge in [0.15, 0.2) is 0 Å². The van der Waals surface area contributed by atoms with Crippen LogP contribution >= 0.6 is 0 Å². The van der Waals surface area contributed by atoms with Gasteiger partial charge < -0.3 is 29.7 Å². The van der Waals surface area contributed by atoms with Crippen molar-refractivity contribution in [3.8, 4) is 22.8 Å². The Labute approximate surface area is 375 Å². The molecule has 2 heterocycles. The first kappa shape index (κ1) is 46.0. The average Bonchev–Trinajstić information content (AvgIpc) is 4.15. The number of carbonyl (C=O) groups excluding carboxylic acids is 4. The van der Waals surface area contributed by atoms with E-state index in [2.05, 4.69) is 21.9 Å². The Bertz CT molecular complexity index is 2530. The van der Waals surface area contributed by atoms with Crippen molar-refractivity contribution in [2.45, 2.75) is 102 Å². The Morgan fingerprint density at radius 3 is 2.22 bits per heavy atom. The van der Waals surface area contributed by atoms with E-state index in [9.17, 15) is 27.6 Å². The SMILES string of the molecule is C=CC1C[C@@]1(NC(=O)[C@@H]1C[C@@H](Oc2cc(-c3ccccc3)nc3cc(OC)ccc23)CN1C(=O)[C@@H](NC(=O)OCC(C)(C)C)C(C)(C)C)C(=O)NS(=O)(=O)C1(Cc2ccccc2)CC1. The minimum absolute atomic E-state index is 0.00150. The van der Waals surface area contributed by atoms with Crippen molar-refractivity contribution < 1.29 is 41.8 Å². The second-order valence-electron chi connectivity index (χ2n) is 19.6. The van der Waals surface area contributed by atoms with Crippen LogP contribution in [0.1, 0.15) is 72.8 Å². The molecule has 4 aromatic rings. The molecule has 4 amide bonds. The van der Waals surface area contributed by atoms with Crippen LogP contribution in [-0.2, 0) is 35.6 Å². The lowest BCUT2D eigenvalue weighted by Gasteiger charge is -2.35. The lowest BCUT2D eigenvalue weighted by molar-refractivity contribution is -0.142. The highest BCUT2D eigenvalue weighted by Crippen LogP contribution is 2.49. The summed E-state index contributed by atoms with van der Waals surface area (Å²) in [6, 6.07) is 23.7. The first-order valence-corrected chi connectivity index (χ1v) is 23.2. The number of fused-ring (bicyclic) bond motifs is 1.